The van der Waals surface area contributed by atoms with Crippen LogP contribution < -0.4 is 5.32 Å². The highest BCUT2D eigenvalue weighted by Crippen LogP contribution is 2.23. The van der Waals surface area contributed by atoms with Crippen LogP contribution in [0.1, 0.15) is 34.8 Å². The van der Waals surface area contributed by atoms with Gasteiger partial charge in [-0.25, -0.2) is 4.98 Å². The summed E-state index contributed by atoms with van der Waals surface area (Å²) in [7, 11) is 0. The highest BCUT2D eigenvalue weighted by molar-refractivity contribution is 5.97. The first-order valence-electron chi connectivity index (χ1n) is 9.64. The van der Waals surface area contributed by atoms with E-state index in [-0.39, 0.29) is 17.9 Å². The number of aromatic amines is 1. The number of amides is 2. The van der Waals surface area contributed by atoms with Crippen molar-refractivity contribution in [2.75, 3.05) is 26.2 Å². The minimum atomic E-state index is -0.274. The molecule has 1 unspecified atom stereocenters. The fourth-order valence-electron chi connectivity index (χ4n) is 3.45. The number of carbonyl (C=O) groups is 2. The van der Waals surface area contributed by atoms with Crippen molar-refractivity contribution < 1.29 is 14.3 Å². The largest absolute Gasteiger partial charge is 0.368 e. The van der Waals surface area contributed by atoms with Crippen molar-refractivity contribution in [1.82, 2.24) is 25.2 Å². The van der Waals surface area contributed by atoms with E-state index in [0.29, 0.717) is 38.2 Å². The van der Waals surface area contributed by atoms with Gasteiger partial charge in [0, 0.05) is 37.7 Å². The summed E-state index contributed by atoms with van der Waals surface area (Å²) in [6.07, 6.45) is 1.99. The molecule has 4 rings (SSSR count). The molecule has 1 fully saturated rings. The van der Waals surface area contributed by atoms with E-state index in [4.69, 9.17) is 4.74 Å². The summed E-state index contributed by atoms with van der Waals surface area (Å²) in [4.78, 5) is 37.7. The van der Waals surface area contributed by atoms with Crippen LogP contribution in [0.15, 0.2) is 42.7 Å². The normalized spacial score (nSPS) is 16.7. The van der Waals surface area contributed by atoms with E-state index in [1.54, 1.807) is 17.3 Å². The average molecular weight is 393 g/mol. The molecular weight excluding hydrogens is 370 g/mol. The summed E-state index contributed by atoms with van der Waals surface area (Å²) in [5.41, 5.74) is 3.98. The predicted molar refractivity (Wildman–Crippen MR) is 107 cm³/mol. The number of morpholine rings is 1. The van der Waals surface area contributed by atoms with Crippen LogP contribution in [0.25, 0.3) is 11.0 Å². The topological polar surface area (TPSA) is 100 Å². The van der Waals surface area contributed by atoms with Gasteiger partial charge in [-0.2, -0.15) is 0 Å². The molecule has 0 aliphatic carbocycles. The molecule has 2 amide bonds. The molecule has 1 aliphatic heterocycles. The Bertz CT molecular complexity index is 1030. The van der Waals surface area contributed by atoms with Crippen LogP contribution in [-0.4, -0.2) is 57.9 Å². The van der Waals surface area contributed by atoms with Crippen molar-refractivity contribution in [3.8, 4) is 0 Å². The lowest BCUT2D eigenvalue weighted by atomic mass is 10.1. The third-order valence-corrected chi connectivity index (χ3v) is 4.93. The van der Waals surface area contributed by atoms with Crippen LogP contribution >= 0.6 is 0 Å². The number of rotatable bonds is 5. The van der Waals surface area contributed by atoms with Crippen molar-refractivity contribution in [3.63, 3.8) is 0 Å². The highest BCUT2D eigenvalue weighted by atomic mass is 16.5. The zero-order chi connectivity index (χ0) is 20.2. The molecule has 8 heteroatoms. The zero-order valence-electron chi connectivity index (χ0n) is 16.2. The van der Waals surface area contributed by atoms with Crippen molar-refractivity contribution >= 4 is 22.8 Å². The average Bonchev–Trinajstić information content (AvgIpc) is 3.21. The van der Waals surface area contributed by atoms with Gasteiger partial charge in [0.05, 0.1) is 36.2 Å². The van der Waals surface area contributed by atoms with Gasteiger partial charge < -0.3 is 19.9 Å². The Morgan fingerprint density at radius 1 is 1.31 bits per heavy atom. The van der Waals surface area contributed by atoms with Crippen molar-refractivity contribution in [2.24, 2.45) is 0 Å². The standard InChI is InChI=1S/C21H23N5O3/c1-14(27)22-8-7-16-3-2-4-18(25-16)20-12-26(9-10-29-20)21(28)15-5-6-17-19(11-15)24-13-23-17/h2-6,11,13,20H,7-10,12H2,1H3,(H,22,27)(H,23,24). The molecule has 2 aromatic heterocycles. The molecule has 1 atom stereocenters. The van der Waals surface area contributed by atoms with Crippen LogP contribution in [0.2, 0.25) is 0 Å². The lowest BCUT2D eigenvalue weighted by Crippen LogP contribution is -2.42. The number of carbonyl (C=O) groups excluding carboxylic acids is 2. The molecule has 0 saturated carbocycles. The molecule has 0 spiro atoms. The van der Waals surface area contributed by atoms with Gasteiger partial charge in [0.1, 0.15) is 6.10 Å². The number of aromatic nitrogens is 3. The number of H-pyrrole nitrogens is 1. The molecule has 0 bridgehead atoms. The quantitative estimate of drug-likeness (QED) is 0.689. The number of hydrogen-bond acceptors (Lipinski definition) is 5. The maximum atomic E-state index is 13.0. The maximum absolute atomic E-state index is 13.0. The highest BCUT2D eigenvalue weighted by Gasteiger charge is 2.27. The Hall–Kier alpha value is -3.26. The molecular formula is C21H23N5O3. The summed E-state index contributed by atoms with van der Waals surface area (Å²) in [6.45, 7) is 3.48. The fraction of sp³-hybridized carbons (Fsp3) is 0.333. The Morgan fingerprint density at radius 3 is 3.07 bits per heavy atom. The minimum Gasteiger partial charge on any atom is -0.368 e. The van der Waals surface area contributed by atoms with Crippen LogP contribution in [0, 0.1) is 0 Å². The number of nitrogens with one attached hydrogen (secondary N) is 2. The molecule has 29 heavy (non-hydrogen) atoms. The summed E-state index contributed by atoms with van der Waals surface area (Å²) in [5.74, 6) is -0.0872. The Balaban J connectivity index is 1.45. The molecule has 1 saturated heterocycles. The number of pyridine rings is 1. The van der Waals surface area contributed by atoms with Crippen LogP contribution in [-0.2, 0) is 16.0 Å². The Kier molecular flexibility index (Phi) is 5.53. The second kappa shape index (κ2) is 8.40. The summed E-state index contributed by atoms with van der Waals surface area (Å²) in [6, 6.07) is 11.2. The number of ether oxygens (including phenoxy) is 1. The Labute approximate surface area is 168 Å². The van der Waals surface area contributed by atoms with E-state index in [2.05, 4.69) is 20.3 Å². The van der Waals surface area contributed by atoms with Gasteiger partial charge in [0.15, 0.2) is 0 Å². The molecule has 1 aromatic carbocycles. The van der Waals surface area contributed by atoms with Gasteiger partial charge in [-0.1, -0.05) is 6.07 Å². The van der Waals surface area contributed by atoms with Crippen molar-refractivity contribution in [1.29, 1.82) is 0 Å². The van der Waals surface area contributed by atoms with Gasteiger partial charge in [-0.05, 0) is 30.3 Å². The van der Waals surface area contributed by atoms with Crippen molar-refractivity contribution in [2.45, 2.75) is 19.4 Å². The monoisotopic (exact) mass is 393 g/mol. The summed E-state index contributed by atoms with van der Waals surface area (Å²) < 4.78 is 5.89. The van der Waals surface area contributed by atoms with Crippen LogP contribution in [0.3, 0.4) is 0 Å². The zero-order valence-corrected chi connectivity index (χ0v) is 16.2. The number of fused-ring (bicyclic) bond motifs is 1. The summed E-state index contributed by atoms with van der Waals surface area (Å²) in [5, 5.41) is 2.77. The predicted octanol–water partition coefficient (Wildman–Crippen LogP) is 1.85. The smallest absolute Gasteiger partial charge is 0.254 e. The molecule has 3 heterocycles. The molecule has 8 nitrogen and oxygen atoms in total. The van der Waals surface area contributed by atoms with E-state index in [1.165, 1.54) is 6.92 Å². The van der Waals surface area contributed by atoms with E-state index in [0.717, 1.165) is 22.4 Å². The minimum absolute atomic E-state index is 0.0309. The first kappa shape index (κ1) is 19.1. The van der Waals surface area contributed by atoms with E-state index < -0.39 is 0 Å². The first-order chi connectivity index (χ1) is 14.1. The van der Waals surface area contributed by atoms with Gasteiger partial charge >= 0.3 is 0 Å². The molecule has 0 radical (unpaired) electrons. The van der Waals surface area contributed by atoms with Gasteiger partial charge in [-0.15, -0.1) is 0 Å². The third-order valence-electron chi connectivity index (χ3n) is 4.93. The number of benzene rings is 1. The van der Waals surface area contributed by atoms with Crippen LogP contribution in [0.5, 0.6) is 0 Å². The molecule has 1 aliphatic rings. The number of imidazole rings is 1. The Morgan fingerprint density at radius 2 is 2.21 bits per heavy atom. The molecule has 150 valence electrons. The van der Waals surface area contributed by atoms with Gasteiger partial charge in [-0.3, -0.25) is 14.6 Å². The lowest BCUT2D eigenvalue weighted by Gasteiger charge is -2.33. The van der Waals surface area contributed by atoms with Gasteiger partial charge in [0.25, 0.3) is 5.91 Å². The fourth-order valence-corrected chi connectivity index (χ4v) is 3.45. The second-order valence-corrected chi connectivity index (χ2v) is 7.03. The van der Waals surface area contributed by atoms with Gasteiger partial charge in [0.2, 0.25) is 5.91 Å². The van der Waals surface area contributed by atoms with Crippen molar-refractivity contribution in [3.05, 3.63) is 59.7 Å². The third kappa shape index (κ3) is 4.43. The SMILES string of the molecule is CC(=O)NCCc1cccc(C2CN(C(=O)c3ccc4nc[nH]c4c3)CCO2)n1. The van der Waals surface area contributed by atoms with E-state index >= 15 is 0 Å². The first-order valence-corrected chi connectivity index (χ1v) is 9.64. The van der Waals surface area contributed by atoms with E-state index in [1.807, 2.05) is 30.3 Å². The van der Waals surface area contributed by atoms with Crippen LogP contribution in [0.4, 0.5) is 0 Å². The molecule has 2 N–H and O–H groups in total. The lowest BCUT2D eigenvalue weighted by molar-refractivity contribution is -0.118. The molecule has 3 aromatic rings. The maximum Gasteiger partial charge on any atom is 0.254 e. The second-order valence-electron chi connectivity index (χ2n) is 7.03. The summed E-state index contributed by atoms with van der Waals surface area (Å²) >= 11 is 0. The number of nitrogens with zero attached hydrogens (tertiary/aromatic N) is 3. The van der Waals surface area contributed by atoms with E-state index in [9.17, 15) is 9.59 Å². The number of hydrogen-bond donors (Lipinski definition) is 2.